The second-order valence-electron chi connectivity index (χ2n) is 6.03. The number of benzene rings is 1. The number of cyclic esters (lactones) is 1. The molecule has 25 heavy (non-hydrogen) atoms. The van der Waals surface area contributed by atoms with Crippen molar-refractivity contribution in [3.05, 3.63) is 41.5 Å². The Morgan fingerprint density at radius 1 is 1.24 bits per heavy atom. The van der Waals surface area contributed by atoms with Gasteiger partial charge < -0.3 is 24.8 Å². The number of aromatic hydroxyl groups is 1. The zero-order valence-corrected chi connectivity index (χ0v) is 14.4. The predicted octanol–water partition coefficient (Wildman–Crippen LogP) is 2.42. The van der Waals surface area contributed by atoms with Crippen molar-refractivity contribution >= 4 is 12.0 Å². The van der Waals surface area contributed by atoms with Gasteiger partial charge in [-0.15, -0.1) is 0 Å². The van der Waals surface area contributed by atoms with E-state index in [1.165, 1.54) is 25.3 Å². The Labute approximate surface area is 147 Å². The van der Waals surface area contributed by atoms with E-state index >= 15 is 0 Å². The van der Waals surface area contributed by atoms with Gasteiger partial charge >= 0.3 is 5.97 Å². The van der Waals surface area contributed by atoms with Crippen LogP contribution in [-0.4, -0.2) is 46.7 Å². The van der Waals surface area contributed by atoms with Crippen LogP contribution < -0.4 is 4.74 Å². The number of aliphatic hydroxyl groups excluding tert-OH is 2. The van der Waals surface area contributed by atoms with Gasteiger partial charge in [0, 0.05) is 12.5 Å². The third-order valence-corrected chi connectivity index (χ3v) is 3.97. The van der Waals surface area contributed by atoms with Gasteiger partial charge in [-0.1, -0.05) is 24.3 Å². The summed E-state index contributed by atoms with van der Waals surface area (Å²) < 4.78 is 10.7. The van der Waals surface area contributed by atoms with Crippen molar-refractivity contribution in [2.75, 3.05) is 7.11 Å². The first-order valence-corrected chi connectivity index (χ1v) is 8.23. The Morgan fingerprint density at radius 2 is 2.00 bits per heavy atom. The largest absolute Gasteiger partial charge is 0.508 e. The molecule has 0 saturated carbocycles. The average molecular weight is 348 g/mol. The number of carbonyl (C=O) groups is 1. The number of fused-ring (bicyclic) bond motifs is 1. The third-order valence-electron chi connectivity index (χ3n) is 3.97. The van der Waals surface area contributed by atoms with E-state index < -0.39 is 24.3 Å². The fraction of sp³-hybridized carbons (Fsp3) is 0.421. The molecular formula is C19H24O6. The average Bonchev–Trinajstić information content (AvgIpc) is 2.56. The van der Waals surface area contributed by atoms with Gasteiger partial charge in [-0.3, -0.25) is 0 Å². The van der Waals surface area contributed by atoms with Crippen LogP contribution in [0, 0.1) is 0 Å². The summed E-state index contributed by atoms with van der Waals surface area (Å²) in [6, 6.07) is 2.82. The summed E-state index contributed by atoms with van der Waals surface area (Å²) in [5, 5.41) is 29.6. The van der Waals surface area contributed by atoms with Crippen LogP contribution in [0.2, 0.25) is 0 Å². The van der Waals surface area contributed by atoms with Gasteiger partial charge in [-0.05, 0) is 31.4 Å². The summed E-state index contributed by atoms with van der Waals surface area (Å²) in [5.41, 5.74) is 0.710. The van der Waals surface area contributed by atoms with E-state index in [0.29, 0.717) is 24.8 Å². The second kappa shape index (κ2) is 8.69. The smallest absolute Gasteiger partial charge is 0.342 e. The standard InChI is InChI=1S/C19H24O6/c1-12-6-5-9-16(22)15(21)8-4-3-7-13-10-14(20)11-17(24-2)18(13)19(23)25-12/h3,5,7,9-12,15-16,20-22H,4,6,8H2,1-2H3/b7-3+,9-5+/t12-,15-,16+/m0/s1. The van der Waals surface area contributed by atoms with Gasteiger partial charge in [0.1, 0.15) is 23.2 Å². The Hall–Kier alpha value is -2.31. The van der Waals surface area contributed by atoms with Gasteiger partial charge in [0.25, 0.3) is 0 Å². The number of phenols is 1. The van der Waals surface area contributed by atoms with Crippen LogP contribution in [-0.2, 0) is 4.74 Å². The molecule has 0 unspecified atom stereocenters. The fourth-order valence-corrected chi connectivity index (χ4v) is 2.61. The van der Waals surface area contributed by atoms with E-state index in [-0.39, 0.29) is 17.1 Å². The number of ether oxygens (including phenoxy) is 2. The number of phenolic OH excluding ortho intramolecular Hbond substituents is 1. The van der Waals surface area contributed by atoms with Crippen LogP contribution in [0.25, 0.3) is 6.08 Å². The van der Waals surface area contributed by atoms with E-state index in [4.69, 9.17) is 9.47 Å². The Morgan fingerprint density at radius 3 is 2.72 bits per heavy atom. The number of carbonyl (C=O) groups excluding carboxylic acids is 1. The summed E-state index contributed by atoms with van der Waals surface area (Å²) in [6.45, 7) is 1.74. The highest BCUT2D eigenvalue weighted by Gasteiger charge is 2.21. The van der Waals surface area contributed by atoms with Crippen LogP contribution in [0.4, 0.5) is 0 Å². The molecule has 0 amide bonds. The molecule has 1 aromatic carbocycles. The molecule has 0 spiro atoms. The lowest BCUT2D eigenvalue weighted by Crippen LogP contribution is -2.23. The van der Waals surface area contributed by atoms with Crippen molar-refractivity contribution in [2.45, 2.75) is 44.5 Å². The van der Waals surface area contributed by atoms with Crippen LogP contribution in [0.1, 0.15) is 42.1 Å². The Kier molecular flexibility index (Phi) is 6.61. The van der Waals surface area contributed by atoms with Crippen molar-refractivity contribution in [2.24, 2.45) is 0 Å². The first kappa shape index (κ1) is 19.0. The molecule has 0 bridgehead atoms. The lowest BCUT2D eigenvalue weighted by molar-refractivity contribution is 0.0336. The lowest BCUT2D eigenvalue weighted by Gasteiger charge is -2.17. The first-order chi connectivity index (χ1) is 11.9. The quantitative estimate of drug-likeness (QED) is 0.533. The molecule has 1 aromatic rings. The SMILES string of the molecule is COc1cc(O)cc2c1C(=O)O[C@@H](C)C/C=C/[C@@H](O)[C@@H](O)CC/C=C/2. The number of allylic oxidation sites excluding steroid dienone is 1. The predicted molar refractivity (Wildman–Crippen MR) is 93.6 cm³/mol. The summed E-state index contributed by atoms with van der Waals surface area (Å²) in [7, 11) is 1.42. The minimum absolute atomic E-state index is 0.0272. The molecule has 136 valence electrons. The van der Waals surface area contributed by atoms with E-state index in [9.17, 15) is 20.1 Å². The van der Waals surface area contributed by atoms with E-state index in [1.54, 1.807) is 25.2 Å². The number of aliphatic hydroxyl groups is 2. The Bertz CT molecular complexity index is 664. The molecule has 1 aliphatic heterocycles. The molecule has 1 heterocycles. The summed E-state index contributed by atoms with van der Waals surface area (Å²) >= 11 is 0. The molecule has 6 nitrogen and oxygen atoms in total. The van der Waals surface area contributed by atoms with Crippen LogP contribution in [0.5, 0.6) is 11.5 Å². The number of hydrogen-bond acceptors (Lipinski definition) is 6. The molecular weight excluding hydrogens is 324 g/mol. The fourth-order valence-electron chi connectivity index (χ4n) is 2.61. The summed E-state index contributed by atoms with van der Waals surface area (Å²) in [6.07, 6.45) is 5.63. The van der Waals surface area contributed by atoms with Crippen LogP contribution in [0.3, 0.4) is 0 Å². The number of rotatable bonds is 1. The maximum Gasteiger partial charge on any atom is 0.342 e. The van der Waals surface area contributed by atoms with Crippen LogP contribution >= 0.6 is 0 Å². The van der Waals surface area contributed by atoms with Crippen molar-refractivity contribution in [1.82, 2.24) is 0 Å². The highest BCUT2D eigenvalue weighted by Crippen LogP contribution is 2.30. The molecule has 0 saturated heterocycles. The van der Waals surface area contributed by atoms with Gasteiger partial charge in [0.2, 0.25) is 0 Å². The second-order valence-corrected chi connectivity index (χ2v) is 6.03. The monoisotopic (exact) mass is 348 g/mol. The zero-order chi connectivity index (χ0) is 18.4. The van der Waals surface area contributed by atoms with Crippen molar-refractivity contribution < 1.29 is 29.6 Å². The molecule has 2 rings (SSSR count). The van der Waals surface area contributed by atoms with E-state index in [1.807, 2.05) is 0 Å². The molecule has 0 aromatic heterocycles. The zero-order valence-electron chi connectivity index (χ0n) is 14.4. The maximum atomic E-state index is 12.6. The molecule has 0 fully saturated rings. The van der Waals surface area contributed by atoms with E-state index in [2.05, 4.69) is 0 Å². The Balaban J connectivity index is 2.41. The van der Waals surface area contributed by atoms with Crippen molar-refractivity contribution in [3.8, 4) is 11.5 Å². The molecule has 1 aliphatic rings. The molecule has 0 radical (unpaired) electrons. The minimum atomic E-state index is -0.962. The van der Waals surface area contributed by atoms with Crippen LogP contribution in [0.15, 0.2) is 30.4 Å². The molecule has 3 atom stereocenters. The van der Waals surface area contributed by atoms with Gasteiger partial charge in [-0.25, -0.2) is 4.79 Å². The maximum absolute atomic E-state index is 12.6. The number of esters is 1. The number of hydrogen-bond donors (Lipinski definition) is 3. The van der Waals surface area contributed by atoms with E-state index in [0.717, 1.165) is 0 Å². The molecule has 3 N–H and O–H groups in total. The number of methoxy groups -OCH3 is 1. The van der Waals surface area contributed by atoms with Crippen molar-refractivity contribution in [1.29, 1.82) is 0 Å². The minimum Gasteiger partial charge on any atom is -0.508 e. The first-order valence-electron chi connectivity index (χ1n) is 8.23. The summed E-state index contributed by atoms with van der Waals surface area (Å²) in [4.78, 5) is 12.6. The van der Waals surface area contributed by atoms with Crippen molar-refractivity contribution in [3.63, 3.8) is 0 Å². The van der Waals surface area contributed by atoms with Gasteiger partial charge in [-0.2, -0.15) is 0 Å². The topological polar surface area (TPSA) is 96.2 Å². The van der Waals surface area contributed by atoms with Gasteiger partial charge in [0.15, 0.2) is 0 Å². The normalized spacial score (nSPS) is 27.5. The molecule has 6 heteroatoms. The highest BCUT2D eigenvalue weighted by atomic mass is 16.5. The third kappa shape index (κ3) is 5.08. The summed E-state index contributed by atoms with van der Waals surface area (Å²) in [5.74, 6) is -0.342. The molecule has 0 aliphatic carbocycles. The van der Waals surface area contributed by atoms with Gasteiger partial charge in [0.05, 0.1) is 19.3 Å². The lowest BCUT2D eigenvalue weighted by atomic mass is 10.0. The highest BCUT2D eigenvalue weighted by molar-refractivity contribution is 5.97.